The average Bonchev–Trinajstić information content (AvgIpc) is 2.96. The fourth-order valence-electron chi connectivity index (χ4n) is 8.29. The average molecular weight is 667 g/mol. The van der Waals surface area contributed by atoms with E-state index in [2.05, 4.69) is 127 Å². The van der Waals surface area contributed by atoms with Crippen LogP contribution >= 0.6 is 0 Å². The Hall–Kier alpha value is -2.52. The first-order chi connectivity index (χ1) is 21.4. The van der Waals surface area contributed by atoms with Gasteiger partial charge in [-0.3, -0.25) is 4.79 Å². The van der Waals surface area contributed by atoms with Gasteiger partial charge in [-0.25, -0.2) is 0 Å². The van der Waals surface area contributed by atoms with Crippen molar-refractivity contribution in [1.29, 1.82) is 0 Å². The van der Waals surface area contributed by atoms with Gasteiger partial charge >= 0.3 is 0 Å². The van der Waals surface area contributed by atoms with Crippen molar-refractivity contribution in [2.45, 2.75) is 149 Å². The van der Waals surface area contributed by atoms with Crippen LogP contribution in [0.5, 0.6) is 23.0 Å². The molecule has 0 fully saturated rings. The number of methoxy groups -OCH3 is 1. The Morgan fingerprint density at radius 3 is 1.70 bits per heavy atom. The summed E-state index contributed by atoms with van der Waals surface area (Å²) < 4.78 is 26.9. The predicted molar refractivity (Wildman–Crippen MR) is 198 cm³/mol. The first-order valence-corrected chi connectivity index (χ1v) is 21.8. The molecule has 5 nitrogen and oxygen atoms in total. The molecule has 0 spiro atoms. The van der Waals surface area contributed by atoms with Crippen LogP contribution < -0.4 is 18.3 Å². The molecule has 2 aromatic carbocycles. The molecular weight excluding hydrogens is 605 g/mol. The Morgan fingerprint density at radius 1 is 0.783 bits per heavy atom. The van der Waals surface area contributed by atoms with Crippen LogP contribution in [0.4, 0.5) is 0 Å². The van der Waals surface area contributed by atoms with E-state index in [-0.39, 0.29) is 12.2 Å². The summed E-state index contributed by atoms with van der Waals surface area (Å²) in [6.45, 7) is 31.7. The molecule has 1 aliphatic rings. The van der Waals surface area contributed by atoms with Gasteiger partial charge in [0.25, 0.3) is 16.6 Å². The van der Waals surface area contributed by atoms with Gasteiger partial charge in [0.05, 0.1) is 13.5 Å². The van der Waals surface area contributed by atoms with Crippen molar-refractivity contribution in [1.82, 2.24) is 0 Å². The Morgan fingerprint density at radius 2 is 1.26 bits per heavy atom. The highest BCUT2D eigenvalue weighted by atomic mass is 28.4. The molecule has 0 radical (unpaired) electrons. The van der Waals surface area contributed by atoms with Crippen LogP contribution in [0.3, 0.4) is 0 Å². The lowest BCUT2D eigenvalue weighted by atomic mass is 9.92. The second kappa shape index (κ2) is 15.1. The summed E-state index contributed by atoms with van der Waals surface area (Å²) in [5.74, 6) is 2.82. The molecule has 3 rings (SSSR count). The molecule has 256 valence electrons. The van der Waals surface area contributed by atoms with Crippen molar-refractivity contribution in [3.8, 4) is 23.0 Å². The van der Waals surface area contributed by atoms with Crippen molar-refractivity contribution < 1.29 is 23.1 Å². The molecule has 46 heavy (non-hydrogen) atoms. The van der Waals surface area contributed by atoms with Crippen molar-refractivity contribution in [2.24, 2.45) is 0 Å². The number of fused-ring (bicyclic) bond motifs is 1. The molecule has 1 aliphatic heterocycles. The third-order valence-electron chi connectivity index (χ3n) is 10.4. The first kappa shape index (κ1) is 37.9. The van der Waals surface area contributed by atoms with E-state index in [0.29, 0.717) is 56.7 Å². The highest BCUT2D eigenvalue weighted by molar-refractivity contribution is 6.78. The molecule has 0 saturated heterocycles. The second-order valence-electron chi connectivity index (χ2n) is 15.4. The van der Waals surface area contributed by atoms with Crippen molar-refractivity contribution in [3.05, 3.63) is 58.7 Å². The van der Waals surface area contributed by atoms with Gasteiger partial charge in [-0.2, -0.15) is 0 Å². The second-order valence-corrected chi connectivity index (χ2v) is 26.1. The van der Waals surface area contributed by atoms with Gasteiger partial charge in [0, 0.05) is 11.6 Å². The van der Waals surface area contributed by atoms with E-state index in [1.54, 1.807) is 7.11 Å². The topological polar surface area (TPSA) is 54.0 Å². The summed E-state index contributed by atoms with van der Waals surface area (Å²) in [6, 6.07) is 10.2. The Labute approximate surface area is 282 Å². The van der Waals surface area contributed by atoms with Gasteiger partial charge < -0.3 is 18.3 Å². The monoisotopic (exact) mass is 666 g/mol. The highest BCUT2D eigenvalue weighted by Crippen LogP contribution is 2.50. The van der Waals surface area contributed by atoms with Gasteiger partial charge in [-0.05, 0) is 71.2 Å². The number of allylic oxidation sites excluding steroid dienone is 2. The lowest BCUT2D eigenvalue weighted by molar-refractivity contribution is 0.0842. The zero-order valence-electron chi connectivity index (χ0n) is 31.5. The van der Waals surface area contributed by atoms with Crippen LogP contribution in [0.1, 0.15) is 131 Å². The van der Waals surface area contributed by atoms with E-state index in [9.17, 15) is 4.79 Å². The summed E-state index contributed by atoms with van der Waals surface area (Å²) in [4.78, 5) is 13.9. The van der Waals surface area contributed by atoms with E-state index in [1.807, 2.05) is 6.07 Å². The van der Waals surface area contributed by atoms with Gasteiger partial charge in [0.1, 0.15) is 34.7 Å². The number of rotatable bonds is 14. The summed E-state index contributed by atoms with van der Waals surface area (Å²) in [5, 5.41) is 0. The molecule has 1 atom stereocenters. The van der Waals surface area contributed by atoms with Crippen molar-refractivity contribution in [3.63, 3.8) is 0 Å². The molecule has 0 saturated carbocycles. The van der Waals surface area contributed by atoms with Crippen LogP contribution in [0.2, 0.25) is 33.2 Å². The van der Waals surface area contributed by atoms with Crippen LogP contribution in [0.25, 0.3) is 0 Å². The minimum atomic E-state index is -2.31. The Bertz CT molecular complexity index is 1320. The normalized spacial score (nSPS) is 15.6. The zero-order valence-corrected chi connectivity index (χ0v) is 33.5. The van der Waals surface area contributed by atoms with Crippen LogP contribution in [0.15, 0.2) is 42.0 Å². The lowest BCUT2D eigenvalue weighted by Gasteiger charge is -2.43. The van der Waals surface area contributed by atoms with Gasteiger partial charge in [0.2, 0.25) is 0 Å². The van der Waals surface area contributed by atoms with Crippen LogP contribution in [-0.4, -0.2) is 29.5 Å². The molecule has 7 heteroatoms. The summed E-state index contributed by atoms with van der Waals surface area (Å²) in [7, 11) is -2.77. The largest absolute Gasteiger partial charge is 0.543 e. The van der Waals surface area contributed by atoms with Gasteiger partial charge in [0.15, 0.2) is 5.78 Å². The maximum Gasteiger partial charge on any atom is 0.258 e. The molecule has 1 unspecified atom stereocenters. The number of Topliss-reactive ketones (excluding diaryl/α,β-unsaturated/α-hetero) is 1. The lowest BCUT2D eigenvalue weighted by Crippen LogP contribution is -2.51. The minimum absolute atomic E-state index is 0.0272. The van der Waals surface area contributed by atoms with Crippen LogP contribution in [0, 0.1) is 0 Å². The molecule has 0 N–H and O–H groups in total. The summed E-state index contributed by atoms with van der Waals surface area (Å²) >= 11 is 0. The van der Waals surface area contributed by atoms with E-state index in [0.717, 1.165) is 22.6 Å². The fourth-order valence-corrected chi connectivity index (χ4v) is 18.8. The van der Waals surface area contributed by atoms with E-state index in [1.165, 1.54) is 5.57 Å². The molecule has 1 heterocycles. The fraction of sp³-hybridized carbons (Fsp3) is 0.615. The zero-order chi connectivity index (χ0) is 34.7. The summed E-state index contributed by atoms with van der Waals surface area (Å²) in [6.07, 6.45) is 2.64. The van der Waals surface area contributed by atoms with Crippen molar-refractivity contribution >= 4 is 22.4 Å². The number of ether oxygens (including phenoxy) is 2. The van der Waals surface area contributed by atoms with E-state index in [4.69, 9.17) is 18.3 Å². The smallest absolute Gasteiger partial charge is 0.258 e. The quantitative estimate of drug-likeness (QED) is 0.148. The molecule has 0 aliphatic carbocycles. The minimum Gasteiger partial charge on any atom is -0.543 e. The van der Waals surface area contributed by atoms with E-state index < -0.39 is 22.7 Å². The maximum atomic E-state index is 13.9. The van der Waals surface area contributed by atoms with E-state index >= 15 is 0 Å². The number of carbonyl (C=O) groups excluding carboxylic acids is 1. The number of hydrogen-bond donors (Lipinski definition) is 0. The maximum absolute atomic E-state index is 13.9. The van der Waals surface area contributed by atoms with Gasteiger partial charge in [-0.15, -0.1) is 0 Å². The van der Waals surface area contributed by atoms with Crippen LogP contribution in [-0.2, 0) is 6.42 Å². The molecule has 0 aromatic heterocycles. The molecule has 0 amide bonds. The number of hydrogen-bond acceptors (Lipinski definition) is 5. The SMILES string of the molecule is COc1cc(O[Si](C(C)C)(C(C)C)C(C)C)c(CC=C(C)C)c2c1C(=O)CC(c1ccc(O[Si](C(C)C)(C(C)C)C(C)C)cc1)O2. The standard InChI is InChI=1S/C39H62O5Si2/c1-24(2)16-21-33-36(44-46(28(9)10,29(11)12)30(13)14)23-37(41-15)38-34(40)22-35(42-39(33)38)31-17-19-32(20-18-31)43-45(25(3)4,26(5)6)27(7)8/h16-20,23,25-30,35H,21-22H2,1-15H3. The first-order valence-electron chi connectivity index (χ1n) is 17.5. The number of carbonyl (C=O) groups is 1. The molecular formula is C39H62O5Si2. The Balaban J connectivity index is 2.13. The van der Waals surface area contributed by atoms with Crippen molar-refractivity contribution in [2.75, 3.05) is 7.11 Å². The molecule has 0 bridgehead atoms. The number of benzene rings is 2. The third kappa shape index (κ3) is 7.30. The Kier molecular flexibility index (Phi) is 12.5. The third-order valence-corrected chi connectivity index (χ3v) is 22.4. The highest BCUT2D eigenvalue weighted by Gasteiger charge is 2.49. The summed E-state index contributed by atoms with van der Waals surface area (Å²) in [5.41, 5.74) is 6.25. The number of ketones is 1. The predicted octanol–water partition coefficient (Wildman–Crippen LogP) is 12.0. The van der Waals surface area contributed by atoms with Gasteiger partial charge in [-0.1, -0.05) is 107 Å². The molecule has 2 aromatic rings.